The predicted octanol–water partition coefficient (Wildman–Crippen LogP) is 5.83. The zero-order valence-corrected chi connectivity index (χ0v) is 19.5. The van der Waals surface area contributed by atoms with E-state index in [0.717, 1.165) is 38.5 Å². The van der Waals surface area contributed by atoms with E-state index < -0.39 is 41.8 Å². The molecule has 0 aliphatic carbocycles. The highest BCUT2D eigenvalue weighted by atomic mass is 16.6. The van der Waals surface area contributed by atoms with Crippen LogP contribution < -0.4 is 0 Å². The number of carboxylic acids is 2. The van der Waals surface area contributed by atoms with E-state index in [1.54, 1.807) is 0 Å². The molecule has 0 aromatic carbocycles. The molecule has 0 aliphatic heterocycles. The molecule has 7 nitrogen and oxygen atoms in total. The summed E-state index contributed by atoms with van der Waals surface area (Å²) in [4.78, 5) is 45.3. The van der Waals surface area contributed by atoms with Crippen molar-refractivity contribution in [3.63, 3.8) is 0 Å². The van der Waals surface area contributed by atoms with Crippen LogP contribution in [0.4, 0.5) is 0 Å². The fourth-order valence-corrected chi connectivity index (χ4v) is 3.24. The molecule has 1 unspecified atom stereocenters. The Hall–Kier alpha value is -2.44. The highest BCUT2D eigenvalue weighted by molar-refractivity contribution is 5.96. The summed E-state index contributed by atoms with van der Waals surface area (Å²) >= 11 is 0. The van der Waals surface area contributed by atoms with Crippen LogP contribution in [0.2, 0.25) is 0 Å². The molecular formula is C25H40O7. The lowest BCUT2D eigenvalue weighted by atomic mass is 9.97. The Balaban J connectivity index is 3.74. The van der Waals surface area contributed by atoms with Gasteiger partial charge in [-0.05, 0) is 32.1 Å². The maximum Gasteiger partial charge on any atom is 0.331 e. The van der Waals surface area contributed by atoms with Gasteiger partial charge in [-0.2, -0.15) is 0 Å². The van der Waals surface area contributed by atoms with Crippen LogP contribution in [0, 0.1) is 5.92 Å². The van der Waals surface area contributed by atoms with Crippen molar-refractivity contribution in [2.75, 3.05) is 0 Å². The van der Waals surface area contributed by atoms with Crippen molar-refractivity contribution >= 4 is 23.9 Å². The van der Waals surface area contributed by atoms with E-state index in [1.165, 1.54) is 38.5 Å². The molecule has 0 saturated heterocycles. The summed E-state index contributed by atoms with van der Waals surface area (Å²) in [5, 5.41) is 17.8. The number of hydrogen-bond acceptors (Lipinski definition) is 5. The third-order valence-electron chi connectivity index (χ3n) is 5.23. The molecule has 182 valence electrons. The average molecular weight is 453 g/mol. The summed E-state index contributed by atoms with van der Waals surface area (Å²) in [6, 6.07) is 0. The van der Waals surface area contributed by atoms with Gasteiger partial charge in [0, 0.05) is 12.0 Å². The number of rotatable bonds is 20. The summed E-state index contributed by atoms with van der Waals surface area (Å²) < 4.78 is 4.60. The van der Waals surface area contributed by atoms with Crippen LogP contribution in [-0.2, 0) is 23.9 Å². The second-order valence-electron chi connectivity index (χ2n) is 8.11. The zero-order chi connectivity index (χ0) is 24.2. The number of carbonyl (C=O) groups excluding carboxylic acids is 2. The molecule has 0 heterocycles. The quantitative estimate of drug-likeness (QED) is 0.0785. The Labute approximate surface area is 191 Å². The van der Waals surface area contributed by atoms with Gasteiger partial charge in [0.25, 0.3) is 0 Å². The minimum Gasteiger partial charge on any atom is -0.481 e. The van der Waals surface area contributed by atoms with E-state index >= 15 is 0 Å². The second-order valence-corrected chi connectivity index (χ2v) is 8.11. The monoisotopic (exact) mass is 452 g/mol. The Bertz CT molecular complexity index is 622. The summed E-state index contributed by atoms with van der Waals surface area (Å²) in [6.45, 7) is 5.38. The van der Waals surface area contributed by atoms with Gasteiger partial charge in [0.2, 0.25) is 0 Å². The molecule has 0 radical (unpaired) electrons. The molecule has 0 aliphatic rings. The average Bonchev–Trinajstić information content (AvgIpc) is 2.73. The molecule has 32 heavy (non-hydrogen) atoms. The Morgan fingerprint density at radius 2 is 1.28 bits per heavy atom. The van der Waals surface area contributed by atoms with E-state index in [0.29, 0.717) is 6.42 Å². The Kier molecular flexibility index (Phi) is 17.8. The molecule has 0 rings (SSSR count). The van der Waals surface area contributed by atoms with Gasteiger partial charge in [0.1, 0.15) is 0 Å². The van der Waals surface area contributed by atoms with Gasteiger partial charge in [-0.15, -0.1) is 0 Å². The van der Waals surface area contributed by atoms with Crippen LogP contribution in [0.25, 0.3) is 0 Å². The molecule has 2 N–H and O–H groups in total. The standard InChI is InChI=1S/C25H40O7/c1-3-4-5-6-7-8-9-10-11-12-13-14-15-16-17-18-22(26)32-23(27)19-21(25(30)31)20(2)24(28)29/h10-11,21H,2-9,12-19H2,1H3,(H,28,29)(H,30,31)/b11-10-. The number of unbranched alkanes of at least 4 members (excludes halogenated alkanes) is 11. The predicted molar refractivity (Wildman–Crippen MR) is 123 cm³/mol. The first-order valence-corrected chi connectivity index (χ1v) is 11.8. The number of carboxylic acid groups (broad SMARTS) is 2. The van der Waals surface area contributed by atoms with E-state index in [9.17, 15) is 19.2 Å². The van der Waals surface area contributed by atoms with Gasteiger partial charge in [-0.25, -0.2) is 4.79 Å². The molecule has 0 aromatic rings. The Morgan fingerprint density at radius 3 is 1.78 bits per heavy atom. The summed E-state index contributed by atoms with van der Waals surface area (Å²) in [5.74, 6) is -6.41. The summed E-state index contributed by atoms with van der Waals surface area (Å²) in [7, 11) is 0. The molecule has 0 amide bonds. The lowest BCUT2D eigenvalue weighted by molar-refractivity contribution is -0.162. The topological polar surface area (TPSA) is 118 Å². The highest BCUT2D eigenvalue weighted by Crippen LogP contribution is 2.16. The molecule has 0 aromatic heterocycles. The van der Waals surface area contributed by atoms with E-state index in [-0.39, 0.29) is 6.42 Å². The summed E-state index contributed by atoms with van der Waals surface area (Å²) in [5.41, 5.74) is -0.626. The minimum atomic E-state index is -1.62. The number of esters is 2. The van der Waals surface area contributed by atoms with Gasteiger partial charge >= 0.3 is 23.9 Å². The first kappa shape index (κ1) is 29.6. The SMILES string of the molecule is C=C(C(=O)O)C(CC(=O)OC(=O)CCCCCCC/C=C\CCCCCCCC)C(=O)O. The molecule has 0 spiro atoms. The maximum atomic E-state index is 11.7. The van der Waals surface area contributed by atoms with Crippen LogP contribution in [0.5, 0.6) is 0 Å². The van der Waals surface area contributed by atoms with Gasteiger partial charge in [-0.1, -0.05) is 77.0 Å². The number of allylic oxidation sites excluding steroid dienone is 2. The van der Waals surface area contributed by atoms with Gasteiger partial charge in [-0.3, -0.25) is 14.4 Å². The van der Waals surface area contributed by atoms with Crippen molar-refractivity contribution < 1.29 is 34.1 Å². The van der Waals surface area contributed by atoms with Gasteiger partial charge in [0.15, 0.2) is 0 Å². The van der Waals surface area contributed by atoms with E-state index in [4.69, 9.17) is 10.2 Å². The Morgan fingerprint density at radius 1 is 0.781 bits per heavy atom. The fraction of sp³-hybridized carbons (Fsp3) is 0.680. The van der Waals surface area contributed by atoms with Crippen LogP contribution in [0.1, 0.15) is 103 Å². The largest absolute Gasteiger partial charge is 0.481 e. The van der Waals surface area contributed by atoms with Crippen LogP contribution >= 0.6 is 0 Å². The molecule has 1 atom stereocenters. The lowest BCUT2D eigenvalue weighted by Gasteiger charge is -2.11. The number of ether oxygens (including phenoxy) is 1. The van der Waals surface area contributed by atoms with Crippen LogP contribution in [0.15, 0.2) is 24.3 Å². The first-order chi connectivity index (χ1) is 15.3. The molecule has 0 fully saturated rings. The molecule has 0 bridgehead atoms. The van der Waals surface area contributed by atoms with Crippen LogP contribution in [-0.4, -0.2) is 34.1 Å². The first-order valence-electron chi connectivity index (χ1n) is 11.8. The number of aliphatic carboxylic acids is 2. The van der Waals surface area contributed by atoms with Crippen molar-refractivity contribution in [3.05, 3.63) is 24.3 Å². The maximum absolute atomic E-state index is 11.7. The van der Waals surface area contributed by atoms with Crippen molar-refractivity contribution in [2.24, 2.45) is 5.92 Å². The highest BCUT2D eigenvalue weighted by Gasteiger charge is 2.29. The van der Waals surface area contributed by atoms with Gasteiger partial charge in [0.05, 0.1) is 12.3 Å². The molecule has 0 saturated carbocycles. The minimum absolute atomic E-state index is 0.0709. The van der Waals surface area contributed by atoms with Crippen molar-refractivity contribution in [2.45, 2.75) is 103 Å². The fourth-order valence-electron chi connectivity index (χ4n) is 3.24. The van der Waals surface area contributed by atoms with E-state index in [1.807, 2.05) is 0 Å². The lowest BCUT2D eigenvalue weighted by Crippen LogP contribution is -2.25. The molecular weight excluding hydrogens is 412 g/mol. The summed E-state index contributed by atoms with van der Waals surface area (Å²) in [6.07, 6.45) is 18.6. The van der Waals surface area contributed by atoms with E-state index in [2.05, 4.69) is 30.4 Å². The number of hydrogen-bond donors (Lipinski definition) is 2. The smallest absolute Gasteiger partial charge is 0.331 e. The molecule has 7 heteroatoms. The van der Waals surface area contributed by atoms with Crippen molar-refractivity contribution in [1.29, 1.82) is 0 Å². The van der Waals surface area contributed by atoms with Gasteiger partial charge < -0.3 is 14.9 Å². The van der Waals surface area contributed by atoms with Crippen molar-refractivity contribution in [1.82, 2.24) is 0 Å². The van der Waals surface area contributed by atoms with Crippen molar-refractivity contribution in [3.8, 4) is 0 Å². The number of carbonyl (C=O) groups is 4. The second kappa shape index (κ2) is 19.3. The zero-order valence-electron chi connectivity index (χ0n) is 19.5. The van der Waals surface area contributed by atoms with Crippen LogP contribution in [0.3, 0.4) is 0 Å². The third-order valence-corrected chi connectivity index (χ3v) is 5.23. The normalized spacial score (nSPS) is 11.9. The third kappa shape index (κ3) is 16.3.